The summed E-state index contributed by atoms with van der Waals surface area (Å²) in [6.45, 7) is 0. The first-order valence-electron chi connectivity index (χ1n) is 8.84. The SMILES string of the molecule is OC(CSN1C=CNN1)(Cc1ccc(-c2ccccc2Cl)cc1)C1(Cl)CC1. The Hall–Kier alpha value is -1.37. The summed E-state index contributed by atoms with van der Waals surface area (Å²) in [4.78, 5) is -0.543. The fraction of sp³-hybridized carbons (Fsp3) is 0.300. The van der Waals surface area contributed by atoms with Crippen LogP contribution in [0.15, 0.2) is 60.9 Å². The Kier molecular flexibility index (Phi) is 5.32. The van der Waals surface area contributed by atoms with Crippen LogP contribution in [-0.4, -0.2) is 25.7 Å². The topological polar surface area (TPSA) is 47.5 Å². The van der Waals surface area contributed by atoms with Gasteiger partial charge in [0.05, 0.1) is 10.5 Å². The number of nitrogens with one attached hydrogen (secondary N) is 2. The van der Waals surface area contributed by atoms with E-state index in [1.807, 2.05) is 59.1 Å². The van der Waals surface area contributed by atoms with Crippen LogP contribution in [0.5, 0.6) is 0 Å². The minimum Gasteiger partial charge on any atom is -0.387 e. The van der Waals surface area contributed by atoms with Crippen LogP contribution in [-0.2, 0) is 6.42 Å². The summed E-state index contributed by atoms with van der Waals surface area (Å²) in [5.74, 6) is 0.502. The molecule has 27 heavy (non-hydrogen) atoms. The summed E-state index contributed by atoms with van der Waals surface area (Å²) >= 11 is 14.5. The zero-order valence-electron chi connectivity index (χ0n) is 14.7. The Bertz CT molecular complexity index is 841. The maximum absolute atomic E-state index is 11.4. The molecule has 4 nitrogen and oxygen atoms in total. The second-order valence-electron chi connectivity index (χ2n) is 7.02. The summed E-state index contributed by atoms with van der Waals surface area (Å²) < 4.78 is 1.83. The third-order valence-corrected chi connectivity index (χ3v) is 7.23. The van der Waals surface area contributed by atoms with Crippen molar-refractivity contribution in [1.29, 1.82) is 0 Å². The van der Waals surface area contributed by atoms with Crippen LogP contribution in [0.1, 0.15) is 18.4 Å². The van der Waals surface area contributed by atoms with Crippen LogP contribution in [0, 0.1) is 0 Å². The number of alkyl halides is 1. The third-order valence-electron chi connectivity index (χ3n) is 5.07. The monoisotopic (exact) mass is 421 g/mol. The van der Waals surface area contributed by atoms with Crippen molar-refractivity contribution in [3.05, 3.63) is 71.5 Å². The molecule has 1 atom stereocenters. The highest BCUT2D eigenvalue weighted by Crippen LogP contribution is 2.53. The van der Waals surface area contributed by atoms with Gasteiger partial charge in [0, 0.05) is 35.2 Å². The van der Waals surface area contributed by atoms with Gasteiger partial charge in [-0.3, -0.25) is 0 Å². The average Bonchev–Trinajstić information content (AvgIpc) is 3.22. The number of hydrazine groups is 2. The summed E-state index contributed by atoms with van der Waals surface area (Å²) in [5.41, 5.74) is 8.00. The molecular formula is C20H21Cl2N3OS. The van der Waals surface area contributed by atoms with Crippen LogP contribution >= 0.6 is 35.1 Å². The van der Waals surface area contributed by atoms with Crippen LogP contribution in [0.3, 0.4) is 0 Å². The molecule has 2 aliphatic rings. The number of hydrogen-bond donors (Lipinski definition) is 3. The second kappa shape index (κ2) is 7.57. The van der Waals surface area contributed by atoms with Crippen LogP contribution < -0.4 is 11.0 Å². The molecule has 7 heteroatoms. The molecule has 2 aromatic rings. The van der Waals surface area contributed by atoms with Gasteiger partial charge in [-0.25, -0.2) is 4.41 Å². The van der Waals surface area contributed by atoms with E-state index in [9.17, 15) is 5.11 Å². The minimum atomic E-state index is -0.983. The van der Waals surface area contributed by atoms with Crippen molar-refractivity contribution in [3.63, 3.8) is 0 Å². The van der Waals surface area contributed by atoms with Crippen molar-refractivity contribution in [1.82, 2.24) is 15.4 Å². The van der Waals surface area contributed by atoms with Gasteiger partial charge in [-0.1, -0.05) is 54.1 Å². The van der Waals surface area contributed by atoms with E-state index in [4.69, 9.17) is 23.2 Å². The molecule has 0 amide bonds. The first kappa shape index (κ1) is 19.0. The first-order valence-corrected chi connectivity index (χ1v) is 10.5. The second-order valence-corrected chi connectivity index (χ2v) is 9.09. The molecule has 0 spiro atoms. The van der Waals surface area contributed by atoms with Crippen LogP contribution in [0.4, 0.5) is 0 Å². The molecular weight excluding hydrogens is 401 g/mol. The van der Waals surface area contributed by atoms with Gasteiger partial charge in [-0.2, -0.15) is 0 Å². The lowest BCUT2D eigenvalue weighted by molar-refractivity contribution is 0.0521. The molecule has 0 aromatic heterocycles. The molecule has 4 rings (SSSR count). The Morgan fingerprint density at radius 1 is 1.15 bits per heavy atom. The molecule has 0 radical (unpaired) electrons. The molecule has 1 aliphatic carbocycles. The smallest absolute Gasteiger partial charge is 0.0986 e. The summed E-state index contributed by atoms with van der Waals surface area (Å²) in [7, 11) is 0. The van der Waals surface area contributed by atoms with Crippen LogP contribution in [0.25, 0.3) is 11.1 Å². The van der Waals surface area contributed by atoms with E-state index in [1.165, 1.54) is 11.9 Å². The van der Waals surface area contributed by atoms with Crippen molar-refractivity contribution in [3.8, 4) is 11.1 Å². The highest BCUT2D eigenvalue weighted by molar-refractivity contribution is 7.97. The van der Waals surface area contributed by atoms with Gasteiger partial charge in [0.15, 0.2) is 0 Å². The molecule has 0 saturated heterocycles. The lowest BCUT2D eigenvalue weighted by atomic mass is 9.90. The molecule has 0 bridgehead atoms. The normalized spacial score (nSPS) is 19.6. The molecule has 1 fully saturated rings. The number of rotatable bonds is 7. The Labute approximate surface area is 173 Å². The molecule has 2 aromatic carbocycles. The average molecular weight is 422 g/mol. The van der Waals surface area contributed by atoms with Crippen molar-refractivity contribution in [2.24, 2.45) is 0 Å². The summed E-state index contributed by atoms with van der Waals surface area (Å²) in [6.07, 6.45) is 5.86. The molecule has 1 saturated carbocycles. The number of benzene rings is 2. The maximum Gasteiger partial charge on any atom is 0.0986 e. The van der Waals surface area contributed by atoms with E-state index in [1.54, 1.807) is 6.20 Å². The Morgan fingerprint density at radius 2 is 1.89 bits per heavy atom. The van der Waals surface area contributed by atoms with Gasteiger partial charge >= 0.3 is 0 Å². The quantitative estimate of drug-likeness (QED) is 0.453. The standard InChI is InChI=1S/C20H21Cl2N3OS/c21-18-4-2-1-3-17(18)16-7-5-15(6-8-16)13-20(26,19(22)9-10-19)14-27-25-12-11-23-24-25/h1-8,11-12,23-24,26H,9-10,13-14H2. The molecule has 3 N–H and O–H groups in total. The van der Waals surface area contributed by atoms with E-state index in [2.05, 4.69) is 11.0 Å². The van der Waals surface area contributed by atoms with E-state index in [-0.39, 0.29) is 0 Å². The largest absolute Gasteiger partial charge is 0.387 e. The number of halogens is 2. The first-order chi connectivity index (χ1) is 13.0. The Morgan fingerprint density at radius 3 is 2.52 bits per heavy atom. The van der Waals surface area contributed by atoms with Crippen molar-refractivity contribution in [2.45, 2.75) is 29.7 Å². The molecule has 1 heterocycles. The van der Waals surface area contributed by atoms with Crippen LogP contribution in [0.2, 0.25) is 5.02 Å². The van der Waals surface area contributed by atoms with Gasteiger partial charge in [-0.05, 0) is 42.0 Å². The van der Waals surface area contributed by atoms with E-state index >= 15 is 0 Å². The number of hydrogen-bond acceptors (Lipinski definition) is 5. The highest BCUT2D eigenvalue weighted by Gasteiger charge is 2.57. The van der Waals surface area contributed by atoms with Gasteiger partial charge in [0.1, 0.15) is 0 Å². The van der Waals surface area contributed by atoms with E-state index in [0.717, 1.165) is 34.6 Å². The van der Waals surface area contributed by atoms with Gasteiger partial charge in [0.25, 0.3) is 0 Å². The maximum atomic E-state index is 11.4. The number of nitrogens with zero attached hydrogens (tertiary/aromatic N) is 1. The van der Waals surface area contributed by atoms with E-state index in [0.29, 0.717) is 12.2 Å². The van der Waals surface area contributed by atoms with E-state index < -0.39 is 10.5 Å². The predicted octanol–water partition coefficient (Wildman–Crippen LogP) is 4.50. The minimum absolute atomic E-state index is 0.502. The molecule has 1 unspecified atom stereocenters. The third kappa shape index (κ3) is 4.08. The predicted molar refractivity (Wildman–Crippen MR) is 113 cm³/mol. The van der Waals surface area contributed by atoms with Gasteiger partial charge < -0.3 is 10.5 Å². The zero-order chi connectivity index (χ0) is 18.9. The van der Waals surface area contributed by atoms with Gasteiger partial charge in [0.2, 0.25) is 0 Å². The summed E-state index contributed by atoms with van der Waals surface area (Å²) in [6, 6.07) is 16.0. The van der Waals surface area contributed by atoms with Gasteiger partial charge in [-0.15, -0.1) is 17.1 Å². The molecule has 1 aliphatic heterocycles. The fourth-order valence-electron chi connectivity index (χ4n) is 3.24. The zero-order valence-corrected chi connectivity index (χ0v) is 17.0. The molecule has 142 valence electrons. The lowest BCUT2D eigenvalue weighted by Gasteiger charge is -2.34. The fourth-order valence-corrected chi connectivity index (χ4v) is 4.79. The number of aliphatic hydroxyl groups is 1. The van der Waals surface area contributed by atoms with Crippen molar-refractivity contribution >= 4 is 35.1 Å². The Balaban J connectivity index is 1.49. The highest BCUT2D eigenvalue weighted by atomic mass is 35.5. The summed E-state index contributed by atoms with van der Waals surface area (Å²) in [5, 5.41) is 12.1. The van der Waals surface area contributed by atoms with Crippen molar-refractivity contribution in [2.75, 3.05) is 5.75 Å². The van der Waals surface area contributed by atoms with Crippen molar-refractivity contribution < 1.29 is 5.11 Å². The lowest BCUT2D eigenvalue weighted by Crippen LogP contribution is -2.47.